The Balaban J connectivity index is 2.96. The summed E-state index contributed by atoms with van der Waals surface area (Å²) in [6.07, 6.45) is 1.51. The van der Waals surface area contributed by atoms with E-state index >= 15 is 0 Å². The highest BCUT2D eigenvalue weighted by molar-refractivity contribution is 5.98. The van der Waals surface area contributed by atoms with Gasteiger partial charge in [0.25, 0.3) is 0 Å². The summed E-state index contributed by atoms with van der Waals surface area (Å²) < 4.78 is 5.92. The minimum absolute atomic E-state index is 0.0527. The van der Waals surface area contributed by atoms with Gasteiger partial charge in [0.15, 0.2) is 5.41 Å². The molecule has 1 unspecified atom stereocenters. The molecule has 88 valence electrons. The summed E-state index contributed by atoms with van der Waals surface area (Å²) in [5.41, 5.74) is -1.21. The van der Waals surface area contributed by atoms with Crippen molar-refractivity contribution in [3.8, 4) is 0 Å². The minimum atomic E-state index is -1.63. The molecule has 16 heavy (non-hydrogen) atoms. The molecule has 0 aliphatic rings. The molecule has 0 saturated carbocycles. The van der Waals surface area contributed by atoms with Crippen LogP contribution in [0.4, 0.5) is 0 Å². The van der Waals surface area contributed by atoms with E-state index in [0.29, 0.717) is 5.69 Å². The van der Waals surface area contributed by atoms with Crippen molar-refractivity contribution in [1.82, 2.24) is 15.0 Å². The molecule has 0 radical (unpaired) electrons. The number of carbonyl (C=O) groups excluding carboxylic acids is 1. The lowest BCUT2D eigenvalue weighted by Crippen LogP contribution is -2.39. The second-order valence-electron chi connectivity index (χ2n) is 3.69. The molecule has 0 bridgehead atoms. The summed E-state index contributed by atoms with van der Waals surface area (Å²) >= 11 is 0. The van der Waals surface area contributed by atoms with Crippen LogP contribution < -0.4 is 0 Å². The Kier molecular flexibility index (Phi) is 3.26. The third-order valence-corrected chi connectivity index (χ3v) is 2.29. The van der Waals surface area contributed by atoms with Crippen LogP contribution in [0.2, 0.25) is 0 Å². The average Bonchev–Trinajstić information content (AvgIpc) is 2.62. The number of nitrogens with zero attached hydrogens (tertiary/aromatic N) is 3. The third-order valence-electron chi connectivity index (χ3n) is 2.29. The number of methoxy groups -OCH3 is 1. The Bertz CT molecular complexity index is 415. The SMILES string of the molecule is COC(=O)C(C)(Cc1cn(C)nn1)C(=O)O. The van der Waals surface area contributed by atoms with Crippen LogP contribution in [-0.4, -0.2) is 39.1 Å². The van der Waals surface area contributed by atoms with E-state index in [-0.39, 0.29) is 6.42 Å². The van der Waals surface area contributed by atoms with Gasteiger partial charge in [0.1, 0.15) is 0 Å². The van der Waals surface area contributed by atoms with Gasteiger partial charge in [-0.05, 0) is 6.92 Å². The Labute approximate surface area is 92.0 Å². The molecule has 1 heterocycles. The normalized spacial score (nSPS) is 14.2. The number of carbonyl (C=O) groups is 2. The molecule has 0 amide bonds. The first-order valence-corrected chi connectivity index (χ1v) is 4.57. The highest BCUT2D eigenvalue weighted by Gasteiger charge is 2.43. The van der Waals surface area contributed by atoms with Gasteiger partial charge in [-0.15, -0.1) is 5.10 Å². The Morgan fingerprint density at radius 1 is 1.62 bits per heavy atom. The molecule has 1 aromatic rings. The second-order valence-corrected chi connectivity index (χ2v) is 3.69. The van der Waals surface area contributed by atoms with Crippen LogP contribution in [0.15, 0.2) is 6.20 Å². The lowest BCUT2D eigenvalue weighted by atomic mass is 9.86. The Morgan fingerprint density at radius 2 is 2.25 bits per heavy atom. The summed E-state index contributed by atoms with van der Waals surface area (Å²) in [5.74, 6) is -2.05. The maximum absolute atomic E-state index is 11.4. The highest BCUT2D eigenvalue weighted by Crippen LogP contribution is 2.23. The standard InChI is InChI=1S/C9H13N3O4/c1-9(7(13)14,8(15)16-3)4-6-5-12(2)11-10-6/h5H,4H2,1-3H3,(H,13,14). The molecule has 1 aromatic heterocycles. The van der Waals surface area contributed by atoms with Crippen LogP contribution in [0.5, 0.6) is 0 Å². The van der Waals surface area contributed by atoms with Gasteiger partial charge in [-0.25, -0.2) is 0 Å². The molecular formula is C9H13N3O4. The summed E-state index contributed by atoms with van der Waals surface area (Å²) in [7, 11) is 2.81. The summed E-state index contributed by atoms with van der Waals surface area (Å²) in [4.78, 5) is 22.5. The molecule has 0 aliphatic heterocycles. The number of aromatic nitrogens is 3. The molecule has 0 saturated heterocycles. The zero-order chi connectivity index (χ0) is 12.3. The predicted molar refractivity (Wildman–Crippen MR) is 52.5 cm³/mol. The monoisotopic (exact) mass is 227 g/mol. The van der Waals surface area contributed by atoms with Gasteiger partial charge >= 0.3 is 11.9 Å². The smallest absolute Gasteiger partial charge is 0.323 e. The maximum atomic E-state index is 11.4. The molecule has 0 spiro atoms. The molecule has 1 N–H and O–H groups in total. The van der Waals surface area contributed by atoms with Crippen molar-refractivity contribution >= 4 is 11.9 Å². The summed E-state index contributed by atoms with van der Waals surface area (Å²) in [6.45, 7) is 1.30. The van der Waals surface area contributed by atoms with E-state index < -0.39 is 17.4 Å². The number of rotatable bonds is 4. The van der Waals surface area contributed by atoms with Crippen molar-refractivity contribution in [2.24, 2.45) is 12.5 Å². The summed E-state index contributed by atoms with van der Waals surface area (Å²) in [6, 6.07) is 0. The van der Waals surface area contributed by atoms with Gasteiger partial charge in [0, 0.05) is 19.7 Å². The van der Waals surface area contributed by atoms with E-state index in [1.54, 1.807) is 13.2 Å². The molecule has 1 atom stereocenters. The van der Waals surface area contributed by atoms with Gasteiger partial charge in [-0.2, -0.15) is 0 Å². The van der Waals surface area contributed by atoms with Crippen molar-refractivity contribution in [2.75, 3.05) is 7.11 Å². The van der Waals surface area contributed by atoms with Crippen molar-refractivity contribution in [1.29, 1.82) is 0 Å². The van der Waals surface area contributed by atoms with Gasteiger partial charge in [0.2, 0.25) is 0 Å². The maximum Gasteiger partial charge on any atom is 0.323 e. The van der Waals surface area contributed by atoms with Gasteiger partial charge in [-0.3, -0.25) is 14.3 Å². The Hall–Kier alpha value is -1.92. The topological polar surface area (TPSA) is 94.3 Å². The predicted octanol–water partition coefficient (Wildman–Crippen LogP) is -0.379. The third kappa shape index (κ3) is 2.18. The van der Waals surface area contributed by atoms with E-state index in [2.05, 4.69) is 15.0 Å². The molecule has 7 heteroatoms. The van der Waals surface area contributed by atoms with Gasteiger partial charge in [0.05, 0.1) is 12.8 Å². The number of hydrogen-bond donors (Lipinski definition) is 1. The van der Waals surface area contributed by atoms with Gasteiger partial charge < -0.3 is 9.84 Å². The number of ether oxygens (including phenoxy) is 1. The van der Waals surface area contributed by atoms with E-state index in [1.807, 2.05) is 0 Å². The van der Waals surface area contributed by atoms with Crippen LogP contribution >= 0.6 is 0 Å². The van der Waals surface area contributed by atoms with Crippen LogP contribution in [0.3, 0.4) is 0 Å². The quantitative estimate of drug-likeness (QED) is 0.556. The zero-order valence-electron chi connectivity index (χ0n) is 9.30. The fourth-order valence-electron chi connectivity index (χ4n) is 1.30. The number of carboxylic acid groups (broad SMARTS) is 1. The van der Waals surface area contributed by atoms with E-state index in [4.69, 9.17) is 5.11 Å². The fraction of sp³-hybridized carbons (Fsp3) is 0.556. The highest BCUT2D eigenvalue weighted by atomic mass is 16.5. The van der Waals surface area contributed by atoms with Crippen LogP contribution in [0.25, 0.3) is 0 Å². The molecule has 7 nitrogen and oxygen atoms in total. The fourth-order valence-corrected chi connectivity index (χ4v) is 1.30. The van der Waals surface area contributed by atoms with E-state index in [9.17, 15) is 9.59 Å². The van der Waals surface area contributed by atoms with Crippen molar-refractivity contribution in [3.05, 3.63) is 11.9 Å². The molecular weight excluding hydrogens is 214 g/mol. The number of aryl methyl sites for hydroxylation is 1. The molecule has 0 aliphatic carbocycles. The van der Waals surface area contributed by atoms with Crippen molar-refractivity contribution < 1.29 is 19.4 Å². The number of aliphatic carboxylic acids is 1. The molecule has 0 aromatic carbocycles. The van der Waals surface area contributed by atoms with Crippen molar-refractivity contribution in [3.63, 3.8) is 0 Å². The Morgan fingerprint density at radius 3 is 2.62 bits per heavy atom. The lowest BCUT2D eigenvalue weighted by molar-refractivity contribution is -0.165. The molecule has 0 fully saturated rings. The number of hydrogen-bond acceptors (Lipinski definition) is 5. The first kappa shape index (κ1) is 12.2. The van der Waals surface area contributed by atoms with E-state index in [0.717, 1.165) is 7.11 Å². The largest absolute Gasteiger partial charge is 0.480 e. The minimum Gasteiger partial charge on any atom is -0.480 e. The van der Waals surface area contributed by atoms with Gasteiger partial charge in [-0.1, -0.05) is 5.21 Å². The van der Waals surface area contributed by atoms with Crippen LogP contribution in [-0.2, 0) is 27.8 Å². The van der Waals surface area contributed by atoms with E-state index in [1.165, 1.54) is 11.6 Å². The number of carboxylic acids is 1. The second kappa shape index (κ2) is 4.30. The zero-order valence-corrected chi connectivity index (χ0v) is 9.30. The first-order chi connectivity index (χ1) is 7.40. The summed E-state index contributed by atoms with van der Waals surface area (Å²) in [5, 5.41) is 16.5. The van der Waals surface area contributed by atoms with Crippen LogP contribution in [0.1, 0.15) is 12.6 Å². The first-order valence-electron chi connectivity index (χ1n) is 4.57. The molecule has 1 rings (SSSR count). The number of esters is 1. The van der Waals surface area contributed by atoms with Crippen LogP contribution in [0, 0.1) is 5.41 Å². The van der Waals surface area contributed by atoms with Crippen molar-refractivity contribution in [2.45, 2.75) is 13.3 Å². The average molecular weight is 227 g/mol. The lowest BCUT2D eigenvalue weighted by Gasteiger charge is -2.20.